The smallest absolute Gasteiger partial charge is 0.253 e. The first-order valence-corrected chi connectivity index (χ1v) is 5.83. The highest BCUT2D eigenvalue weighted by Gasteiger charge is 2.12. The number of carbonyl (C=O) groups is 1. The molecular formula is C12H18ClN5O. The van der Waals surface area contributed by atoms with Gasteiger partial charge >= 0.3 is 0 Å². The van der Waals surface area contributed by atoms with Crippen LogP contribution in [0.5, 0.6) is 0 Å². The predicted octanol–water partition coefficient (Wildman–Crippen LogP) is 0.681. The zero-order valence-corrected chi connectivity index (χ0v) is 12.1. The van der Waals surface area contributed by atoms with E-state index in [0.717, 1.165) is 17.6 Å². The number of halogens is 1. The van der Waals surface area contributed by atoms with Crippen molar-refractivity contribution < 1.29 is 4.79 Å². The van der Waals surface area contributed by atoms with Crippen LogP contribution >= 0.6 is 12.4 Å². The Kier molecular flexibility index (Phi) is 5.26. The Morgan fingerprint density at radius 3 is 2.89 bits per heavy atom. The number of amides is 1. The Hall–Kier alpha value is -1.66. The first-order valence-electron chi connectivity index (χ1n) is 5.83. The van der Waals surface area contributed by atoms with Gasteiger partial charge in [0.15, 0.2) is 0 Å². The van der Waals surface area contributed by atoms with E-state index in [1.807, 2.05) is 26.2 Å². The second kappa shape index (κ2) is 6.49. The summed E-state index contributed by atoms with van der Waals surface area (Å²) in [7, 11) is 5.49. The lowest BCUT2D eigenvalue weighted by atomic mass is 10.2. The van der Waals surface area contributed by atoms with Gasteiger partial charge in [-0.25, -0.2) is 4.68 Å². The van der Waals surface area contributed by atoms with E-state index >= 15 is 0 Å². The van der Waals surface area contributed by atoms with Gasteiger partial charge < -0.3 is 10.2 Å². The Morgan fingerprint density at radius 2 is 2.21 bits per heavy atom. The SMILES string of the molecule is CNCCN(C)C(=O)c1ccc2c(c1)nnn2C.Cl. The van der Waals surface area contributed by atoms with Gasteiger partial charge in [-0.3, -0.25) is 4.79 Å². The fraction of sp³-hybridized carbons (Fsp3) is 0.417. The molecule has 1 amide bonds. The molecular weight excluding hydrogens is 266 g/mol. The van der Waals surface area contributed by atoms with Gasteiger partial charge in [0.05, 0.1) is 5.52 Å². The number of aromatic nitrogens is 3. The zero-order valence-electron chi connectivity index (χ0n) is 11.3. The minimum absolute atomic E-state index is 0. The molecule has 2 aromatic rings. The van der Waals surface area contributed by atoms with Crippen LogP contribution < -0.4 is 5.32 Å². The van der Waals surface area contributed by atoms with Gasteiger partial charge in [-0.05, 0) is 25.2 Å². The van der Waals surface area contributed by atoms with E-state index in [1.165, 1.54) is 0 Å². The van der Waals surface area contributed by atoms with Crippen LogP contribution in [0.25, 0.3) is 11.0 Å². The predicted molar refractivity (Wildman–Crippen MR) is 76.6 cm³/mol. The van der Waals surface area contributed by atoms with Crippen molar-refractivity contribution in [2.45, 2.75) is 0 Å². The van der Waals surface area contributed by atoms with Gasteiger partial charge in [-0.1, -0.05) is 5.21 Å². The summed E-state index contributed by atoms with van der Waals surface area (Å²) in [6.07, 6.45) is 0. The maximum Gasteiger partial charge on any atom is 0.253 e. The lowest BCUT2D eigenvalue weighted by molar-refractivity contribution is 0.0797. The molecule has 0 saturated carbocycles. The number of hydrogen-bond donors (Lipinski definition) is 1. The Bertz CT molecular complexity index is 568. The highest BCUT2D eigenvalue weighted by Crippen LogP contribution is 2.13. The molecule has 0 spiro atoms. The molecule has 1 heterocycles. The number of carbonyl (C=O) groups excluding carboxylic acids is 1. The first kappa shape index (κ1) is 15.4. The highest BCUT2D eigenvalue weighted by atomic mass is 35.5. The molecule has 6 nitrogen and oxygen atoms in total. The van der Waals surface area contributed by atoms with Gasteiger partial charge in [0.25, 0.3) is 5.91 Å². The molecule has 0 aliphatic rings. The molecule has 7 heteroatoms. The van der Waals surface area contributed by atoms with Crippen LogP contribution in [0.3, 0.4) is 0 Å². The third-order valence-electron chi connectivity index (χ3n) is 2.90. The normalized spacial score (nSPS) is 10.3. The number of aryl methyl sites for hydroxylation is 1. The van der Waals surface area contributed by atoms with Gasteiger partial charge in [-0.2, -0.15) is 0 Å². The van der Waals surface area contributed by atoms with Gasteiger partial charge in [0, 0.05) is 32.7 Å². The molecule has 0 unspecified atom stereocenters. The van der Waals surface area contributed by atoms with Gasteiger partial charge in [-0.15, -0.1) is 17.5 Å². The molecule has 104 valence electrons. The van der Waals surface area contributed by atoms with E-state index in [4.69, 9.17) is 0 Å². The van der Waals surface area contributed by atoms with Crippen molar-refractivity contribution in [3.8, 4) is 0 Å². The molecule has 2 rings (SSSR count). The molecule has 1 N–H and O–H groups in total. The van der Waals surface area contributed by atoms with Crippen LogP contribution in [-0.2, 0) is 7.05 Å². The van der Waals surface area contributed by atoms with E-state index in [2.05, 4.69) is 15.6 Å². The van der Waals surface area contributed by atoms with Crippen molar-refractivity contribution in [3.63, 3.8) is 0 Å². The Labute approximate surface area is 118 Å². The van der Waals surface area contributed by atoms with Crippen LogP contribution in [0.4, 0.5) is 0 Å². The standard InChI is InChI=1S/C12H17N5O.ClH/c1-13-6-7-16(2)12(18)9-4-5-11-10(8-9)14-15-17(11)3;/h4-5,8,13H,6-7H2,1-3H3;1H. The molecule has 0 bridgehead atoms. The first-order chi connectivity index (χ1) is 8.63. The molecule has 0 atom stereocenters. The van der Waals surface area contributed by atoms with Crippen molar-refractivity contribution in [2.24, 2.45) is 7.05 Å². The molecule has 19 heavy (non-hydrogen) atoms. The van der Waals surface area contributed by atoms with Crippen molar-refractivity contribution in [1.29, 1.82) is 0 Å². The molecule has 0 fully saturated rings. The minimum atomic E-state index is -0.00203. The lowest BCUT2D eigenvalue weighted by Crippen LogP contribution is -2.32. The molecule has 1 aromatic heterocycles. The van der Waals surface area contributed by atoms with Crippen molar-refractivity contribution in [3.05, 3.63) is 23.8 Å². The number of nitrogens with zero attached hydrogens (tertiary/aromatic N) is 4. The van der Waals surface area contributed by atoms with Crippen LogP contribution in [-0.4, -0.2) is 53.0 Å². The fourth-order valence-electron chi connectivity index (χ4n) is 1.78. The van der Waals surface area contributed by atoms with Crippen LogP contribution in [0.15, 0.2) is 18.2 Å². The van der Waals surface area contributed by atoms with E-state index < -0.39 is 0 Å². The van der Waals surface area contributed by atoms with E-state index in [0.29, 0.717) is 12.1 Å². The van der Waals surface area contributed by atoms with Crippen LogP contribution in [0.1, 0.15) is 10.4 Å². The van der Waals surface area contributed by atoms with E-state index in [1.54, 1.807) is 22.7 Å². The maximum absolute atomic E-state index is 12.1. The maximum atomic E-state index is 12.1. The monoisotopic (exact) mass is 283 g/mol. The average Bonchev–Trinajstić information content (AvgIpc) is 2.76. The lowest BCUT2D eigenvalue weighted by Gasteiger charge is -2.16. The van der Waals surface area contributed by atoms with Crippen LogP contribution in [0.2, 0.25) is 0 Å². The van der Waals surface area contributed by atoms with E-state index in [9.17, 15) is 4.79 Å². The summed E-state index contributed by atoms with van der Waals surface area (Å²) in [6.45, 7) is 1.45. The van der Waals surface area contributed by atoms with Crippen molar-refractivity contribution in [1.82, 2.24) is 25.2 Å². The Morgan fingerprint density at radius 1 is 1.47 bits per heavy atom. The second-order valence-electron chi connectivity index (χ2n) is 4.25. The minimum Gasteiger partial charge on any atom is -0.340 e. The quantitative estimate of drug-likeness (QED) is 0.896. The summed E-state index contributed by atoms with van der Waals surface area (Å²) in [5, 5.41) is 11.0. The summed E-state index contributed by atoms with van der Waals surface area (Å²) in [6, 6.07) is 5.46. The number of benzene rings is 1. The van der Waals surface area contributed by atoms with Crippen molar-refractivity contribution >= 4 is 29.3 Å². The van der Waals surface area contributed by atoms with E-state index in [-0.39, 0.29) is 18.3 Å². The topological polar surface area (TPSA) is 63.1 Å². The van der Waals surface area contributed by atoms with Gasteiger partial charge in [0.1, 0.15) is 5.52 Å². The molecule has 1 aromatic carbocycles. The third-order valence-corrected chi connectivity index (χ3v) is 2.90. The largest absolute Gasteiger partial charge is 0.340 e. The van der Waals surface area contributed by atoms with Crippen LogP contribution in [0, 0.1) is 0 Å². The number of nitrogens with one attached hydrogen (secondary N) is 1. The molecule has 0 saturated heterocycles. The number of likely N-dealkylation sites (N-methyl/N-ethyl adjacent to an activating group) is 2. The number of hydrogen-bond acceptors (Lipinski definition) is 4. The fourth-order valence-corrected chi connectivity index (χ4v) is 1.78. The summed E-state index contributed by atoms with van der Waals surface area (Å²) in [5.74, 6) is -0.00203. The second-order valence-corrected chi connectivity index (χ2v) is 4.25. The summed E-state index contributed by atoms with van der Waals surface area (Å²) in [5.41, 5.74) is 2.30. The Balaban J connectivity index is 0.00000180. The highest BCUT2D eigenvalue weighted by molar-refractivity contribution is 5.97. The summed E-state index contributed by atoms with van der Waals surface area (Å²) in [4.78, 5) is 13.8. The van der Waals surface area contributed by atoms with Gasteiger partial charge in [0.2, 0.25) is 0 Å². The van der Waals surface area contributed by atoms with Crippen molar-refractivity contribution in [2.75, 3.05) is 27.2 Å². The summed E-state index contributed by atoms with van der Waals surface area (Å²) >= 11 is 0. The average molecular weight is 284 g/mol. The third kappa shape index (κ3) is 3.21. The molecule has 0 aliphatic carbocycles. The number of fused-ring (bicyclic) bond motifs is 1. The summed E-state index contributed by atoms with van der Waals surface area (Å²) < 4.78 is 1.69. The number of rotatable bonds is 4. The zero-order chi connectivity index (χ0) is 13.1. The molecule has 0 aliphatic heterocycles. The molecule has 0 radical (unpaired) electrons.